The number of rotatable bonds is 6. The molecule has 240 valence electrons. The van der Waals surface area contributed by atoms with E-state index in [4.69, 9.17) is 0 Å². The zero-order valence-electron chi connectivity index (χ0n) is 27.4. The molecule has 1 aliphatic heterocycles. The van der Waals surface area contributed by atoms with Crippen molar-refractivity contribution in [2.75, 3.05) is 0 Å². The van der Waals surface area contributed by atoms with Crippen LogP contribution in [0.4, 0.5) is 0 Å². The average molecular weight is 824 g/mol. The molecule has 1 saturated heterocycles. The largest absolute Gasteiger partial charge is 1.00 e. The van der Waals surface area contributed by atoms with Gasteiger partial charge < -0.3 is 24.8 Å². The Morgan fingerprint density at radius 1 is 0.426 bits per heavy atom. The van der Waals surface area contributed by atoms with Crippen LogP contribution in [0.2, 0.25) is 8.35 Å². The fraction of sp³-hybridized carbons (Fsp3) is 0.364. The Hall–Kier alpha value is -2.19. The van der Waals surface area contributed by atoms with Gasteiger partial charge in [0.25, 0.3) is 0 Å². The molecule has 3 heteroatoms. The zero-order chi connectivity index (χ0) is 29.8. The van der Waals surface area contributed by atoms with E-state index in [1.54, 1.807) is 30.6 Å². The van der Waals surface area contributed by atoms with Gasteiger partial charge in [-0.15, -0.1) is 0 Å². The first kappa shape index (κ1) is 33.3. The van der Waals surface area contributed by atoms with Crippen molar-refractivity contribution >= 4 is 12.2 Å². The Kier molecular flexibility index (Phi) is 9.90. The molecule has 9 rings (SSSR count). The molecule has 2 atom stereocenters. The molecule has 5 aliphatic rings. The van der Waals surface area contributed by atoms with Crippen LogP contribution in [0.5, 0.6) is 0 Å². The second-order valence-corrected chi connectivity index (χ2v) is 31.5. The minimum Gasteiger partial charge on any atom is -1.00 e. The van der Waals surface area contributed by atoms with Crippen LogP contribution in [0.15, 0.2) is 108 Å². The third-order valence-electron chi connectivity index (χ3n) is 12.5. The third-order valence-corrected chi connectivity index (χ3v) is 31.3. The van der Waals surface area contributed by atoms with Crippen LogP contribution in [0.25, 0.3) is 34.4 Å². The number of hydrogen-bond acceptors (Lipinski definition) is 0. The Morgan fingerprint density at radius 3 is 1.21 bits per heavy atom. The fourth-order valence-corrected chi connectivity index (χ4v) is 38.5. The van der Waals surface area contributed by atoms with Gasteiger partial charge in [0.1, 0.15) is 0 Å². The first-order chi connectivity index (χ1) is 22.3. The maximum atomic E-state index is 2.78. The maximum Gasteiger partial charge on any atom is -1.00 e. The van der Waals surface area contributed by atoms with Gasteiger partial charge in [0.2, 0.25) is 0 Å². The van der Waals surface area contributed by atoms with Gasteiger partial charge >= 0.3 is 277 Å². The van der Waals surface area contributed by atoms with Gasteiger partial charge in [-0.05, 0) is 0 Å². The quantitative estimate of drug-likeness (QED) is 0.189. The van der Waals surface area contributed by atoms with Gasteiger partial charge in [-0.2, -0.15) is 0 Å². The molecule has 0 N–H and O–H groups in total. The minimum atomic E-state index is -3.00. The molecule has 2 saturated carbocycles. The van der Waals surface area contributed by atoms with E-state index < -0.39 is 20.0 Å². The molecule has 0 radical (unpaired) electrons. The smallest absolute Gasteiger partial charge is 1.00 e. The molecule has 4 aromatic carbocycles. The maximum absolute atomic E-state index is 3.00. The standard InChI is InChI=1S/2C21H21.C2H4.2ClH.Hf/c2*1-3-8-16(9-4-1)19-14-18-12-7-13-20(21(18)15-19)17-10-5-2-6-11-17;1-2;;;/h2*2,5-7,10-16H,1,3-4,8-9H2;1-2H2;2*1H;/q;;;;;+2/p-2. The first-order valence-electron chi connectivity index (χ1n) is 18.1. The molecule has 0 bridgehead atoms. The van der Waals surface area contributed by atoms with Crippen molar-refractivity contribution in [1.29, 1.82) is 0 Å². The predicted molar refractivity (Wildman–Crippen MR) is 188 cm³/mol. The molecular formula is C44H46Cl2Hf. The topological polar surface area (TPSA) is 0 Å². The van der Waals surface area contributed by atoms with Gasteiger partial charge in [-0.3, -0.25) is 0 Å². The summed E-state index contributed by atoms with van der Waals surface area (Å²) in [5.41, 5.74) is 16.1. The van der Waals surface area contributed by atoms with E-state index in [1.807, 2.05) is 11.1 Å². The van der Waals surface area contributed by atoms with Gasteiger partial charge in [-0.1, -0.05) is 0 Å². The molecule has 0 aromatic heterocycles. The number of halogens is 2. The van der Waals surface area contributed by atoms with Crippen LogP contribution in [0.3, 0.4) is 0 Å². The molecule has 2 unspecified atom stereocenters. The monoisotopic (exact) mass is 824 g/mol. The summed E-state index contributed by atoms with van der Waals surface area (Å²) in [6, 6.07) is 37.3. The number of benzene rings is 4. The van der Waals surface area contributed by atoms with E-state index in [0.717, 1.165) is 19.2 Å². The molecule has 0 spiro atoms. The van der Waals surface area contributed by atoms with Crippen LogP contribution in [0.1, 0.15) is 93.8 Å². The zero-order valence-corrected chi connectivity index (χ0v) is 32.5. The molecule has 4 aliphatic carbocycles. The summed E-state index contributed by atoms with van der Waals surface area (Å²) in [5, 5.41) is 0. The number of allylic oxidation sites excluding steroid dienone is 2. The second-order valence-electron chi connectivity index (χ2n) is 14.9. The van der Waals surface area contributed by atoms with Crippen molar-refractivity contribution in [2.24, 2.45) is 11.8 Å². The molecule has 3 fully saturated rings. The van der Waals surface area contributed by atoms with Crippen molar-refractivity contribution in [3.63, 3.8) is 0 Å². The van der Waals surface area contributed by atoms with Crippen molar-refractivity contribution in [2.45, 2.75) is 79.9 Å². The van der Waals surface area contributed by atoms with Crippen LogP contribution in [-0.4, -0.2) is 0 Å². The summed E-state index contributed by atoms with van der Waals surface area (Å²) < 4.78 is 4.64. The van der Waals surface area contributed by atoms with Crippen LogP contribution < -0.4 is 24.8 Å². The molecule has 1 heterocycles. The third kappa shape index (κ3) is 5.81. The average Bonchev–Trinajstić information content (AvgIpc) is 3.64. The Morgan fingerprint density at radius 2 is 0.830 bits per heavy atom. The van der Waals surface area contributed by atoms with Gasteiger partial charge in [0, 0.05) is 0 Å². The minimum absolute atomic E-state index is 0. The Labute approximate surface area is 299 Å². The summed E-state index contributed by atoms with van der Waals surface area (Å²) in [6.45, 7) is 0. The van der Waals surface area contributed by atoms with E-state index in [2.05, 4.69) is 109 Å². The second kappa shape index (κ2) is 14.0. The van der Waals surface area contributed by atoms with E-state index in [-0.39, 0.29) is 24.8 Å². The Bertz CT molecular complexity index is 1640. The predicted octanol–water partition coefficient (Wildman–Crippen LogP) is 6.77. The van der Waals surface area contributed by atoms with Crippen molar-refractivity contribution in [3.05, 3.63) is 130 Å². The van der Waals surface area contributed by atoms with E-state index in [0.29, 0.717) is 0 Å². The van der Waals surface area contributed by atoms with E-state index >= 15 is 0 Å². The van der Waals surface area contributed by atoms with Crippen LogP contribution in [-0.2, 0) is 20.0 Å². The van der Waals surface area contributed by atoms with Crippen LogP contribution >= 0.6 is 0 Å². The van der Waals surface area contributed by atoms with Crippen molar-refractivity contribution in [3.8, 4) is 22.3 Å². The van der Waals surface area contributed by atoms with Crippen molar-refractivity contribution < 1.29 is 44.8 Å². The summed E-state index contributed by atoms with van der Waals surface area (Å²) >= 11 is -3.00. The molecular weight excluding hydrogens is 778 g/mol. The van der Waals surface area contributed by atoms with Gasteiger partial charge in [0.15, 0.2) is 0 Å². The van der Waals surface area contributed by atoms with Gasteiger partial charge in [-0.25, -0.2) is 0 Å². The molecule has 0 amide bonds. The summed E-state index contributed by atoms with van der Waals surface area (Å²) in [5.74, 6) is 1.58. The summed E-state index contributed by atoms with van der Waals surface area (Å²) in [7, 11) is 0. The molecule has 0 nitrogen and oxygen atoms in total. The Balaban J connectivity index is 0.00000176. The number of fused-ring (bicyclic) bond motifs is 2. The summed E-state index contributed by atoms with van der Waals surface area (Å²) in [6.07, 6.45) is 19.7. The SMILES string of the molecule is C1=C(C2CCCCC2)[CH]([Hf+2]2([CH]3C(C4CCCCC4)=Cc4c(-c5ccccc5)cccc43)[CH2][CH2]2)c2cccc(-c3ccccc3)c21.[Cl-].[Cl-]. The van der Waals surface area contributed by atoms with E-state index in [1.165, 1.54) is 86.5 Å². The number of hydrogen-bond donors (Lipinski definition) is 0. The van der Waals surface area contributed by atoms with E-state index in [9.17, 15) is 0 Å². The first-order valence-corrected chi connectivity index (χ1v) is 27.3. The van der Waals surface area contributed by atoms with Gasteiger partial charge in [0.05, 0.1) is 0 Å². The molecule has 47 heavy (non-hydrogen) atoms. The van der Waals surface area contributed by atoms with Crippen LogP contribution in [0, 0.1) is 11.8 Å². The molecule has 4 aromatic rings. The fourth-order valence-electron chi connectivity index (χ4n) is 10.3. The normalized spacial score (nSPS) is 22.4. The summed E-state index contributed by atoms with van der Waals surface area (Å²) in [4.78, 5) is 0. The van der Waals surface area contributed by atoms with Crippen molar-refractivity contribution in [1.82, 2.24) is 0 Å².